The third-order valence-corrected chi connectivity index (χ3v) is 11.7. The number of fused-ring (bicyclic) bond motifs is 6. The van der Waals surface area contributed by atoms with E-state index < -0.39 is 0 Å². The molecule has 4 saturated carbocycles. The normalized spacial score (nSPS) is 58.0. The number of hydrogen-bond acceptors (Lipinski definition) is 3. The van der Waals surface area contributed by atoms with E-state index in [0.29, 0.717) is 35.2 Å². The number of ether oxygens (including phenoxy) is 1. The van der Waals surface area contributed by atoms with Crippen LogP contribution in [-0.4, -0.2) is 30.1 Å². The highest BCUT2D eigenvalue weighted by molar-refractivity contribution is 5.79. The van der Waals surface area contributed by atoms with Gasteiger partial charge in [-0.05, 0) is 105 Å². The fourth-order valence-electron chi connectivity index (χ4n) is 10.0. The Morgan fingerprint density at radius 1 is 1.03 bits per heavy atom. The van der Waals surface area contributed by atoms with Crippen LogP contribution in [0.1, 0.15) is 91.4 Å². The van der Waals surface area contributed by atoms with Gasteiger partial charge in [-0.3, -0.25) is 4.79 Å². The molecule has 6 rings (SSSR count). The van der Waals surface area contributed by atoms with Gasteiger partial charge in [0.05, 0.1) is 11.7 Å². The maximum absolute atomic E-state index is 12.2. The number of ketones is 1. The van der Waals surface area contributed by atoms with Gasteiger partial charge >= 0.3 is 0 Å². The van der Waals surface area contributed by atoms with Gasteiger partial charge in [-0.1, -0.05) is 20.8 Å². The summed E-state index contributed by atoms with van der Waals surface area (Å²) in [4.78, 5) is 12.2. The molecule has 0 aromatic rings. The molecule has 11 atom stereocenters. The second-order valence-electron chi connectivity index (χ2n) is 12.7. The third-order valence-electron chi connectivity index (χ3n) is 11.7. The molecule has 168 valence electrons. The predicted molar refractivity (Wildman–Crippen MR) is 119 cm³/mol. The average molecular weight is 414 g/mol. The molecule has 4 aliphatic carbocycles. The van der Waals surface area contributed by atoms with Gasteiger partial charge in [-0.15, -0.1) is 0 Å². The number of carbonyl (C=O) groups excluding carboxylic acids is 1. The number of hydrogen-bond donors (Lipinski definition) is 1. The zero-order valence-corrected chi connectivity index (χ0v) is 19.5. The number of nitrogens with one attached hydrogen (secondary N) is 1. The van der Waals surface area contributed by atoms with Crippen LogP contribution in [0.2, 0.25) is 0 Å². The van der Waals surface area contributed by atoms with Crippen molar-refractivity contribution < 1.29 is 9.53 Å². The van der Waals surface area contributed by atoms with E-state index in [1.54, 1.807) is 0 Å². The van der Waals surface area contributed by atoms with E-state index in [-0.39, 0.29) is 5.60 Å². The van der Waals surface area contributed by atoms with Gasteiger partial charge in [0.25, 0.3) is 0 Å². The highest BCUT2D eigenvalue weighted by atomic mass is 16.5. The smallest absolute Gasteiger partial charge is 0.133 e. The number of piperidine rings is 1. The molecule has 2 unspecified atom stereocenters. The van der Waals surface area contributed by atoms with Crippen molar-refractivity contribution >= 4 is 5.78 Å². The van der Waals surface area contributed by atoms with Crippen molar-refractivity contribution in [1.29, 1.82) is 0 Å². The number of carbonyl (C=O) groups is 1. The van der Waals surface area contributed by atoms with Crippen LogP contribution in [0.5, 0.6) is 0 Å². The van der Waals surface area contributed by atoms with Crippen LogP contribution >= 0.6 is 0 Å². The zero-order chi connectivity index (χ0) is 20.7. The molecule has 0 bridgehead atoms. The highest BCUT2D eigenvalue weighted by Gasteiger charge is 2.61. The lowest BCUT2D eigenvalue weighted by molar-refractivity contribution is -0.130. The van der Waals surface area contributed by atoms with Crippen LogP contribution in [0.3, 0.4) is 0 Å². The van der Waals surface area contributed by atoms with Crippen molar-refractivity contribution in [2.45, 2.75) is 109 Å². The molecular formula is C27H43NO2. The van der Waals surface area contributed by atoms with Crippen molar-refractivity contribution in [2.24, 2.45) is 46.8 Å². The van der Waals surface area contributed by atoms with Crippen molar-refractivity contribution in [3.63, 3.8) is 0 Å². The molecule has 6 fully saturated rings. The molecule has 3 heteroatoms. The molecule has 0 amide bonds. The monoisotopic (exact) mass is 413 g/mol. The molecule has 2 aliphatic heterocycles. The topological polar surface area (TPSA) is 38.3 Å². The second-order valence-corrected chi connectivity index (χ2v) is 12.7. The standard InChI is InChI=1S/C27H43NO2/c1-16-15-27(17(2)25-24(30-27)5-4-12-28-25)11-9-20-21-7-6-18-13-19(29)8-10-26(18,3)23(21)14-22(16)20/h16-18,20-25,28H,4-15H2,1-3H3/t16?,17-,18-,20+,21+,22?,23+,24-,25+,26+,27+/m1/s1. The summed E-state index contributed by atoms with van der Waals surface area (Å²) in [5, 5.41) is 3.82. The van der Waals surface area contributed by atoms with Gasteiger partial charge in [0, 0.05) is 24.8 Å². The summed E-state index contributed by atoms with van der Waals surface area (Å²) in [6, 6.07) is 0.589. The average Bonchev–Trinajstić information content (AvgIpc) is 3.19. The molecule has 3 nitrogen and oxygen atoms in total. The molecule has 2 saturated heterocycles. The minimum atomic E-state index is 0.129. The van der Waals surface area contributed by atoms with Crippen molar-refractivity contribution in [3.8, 4) is 0 Å². The number of rotatable bonds is 0. The Hall–Kier alpha value is -0.410. The molecular weight excluding hydrogens is 370 g/mol. The van der Waals surface area contributed by atoms with Gasteiger partial charge in [0.15, 0.2) is 0 Å². The summed E-state index contributed by atoms with van der Waals surface area (Å²) in [6.07, 6.45) is 14.0. The molecule has 0 aromatic carbocycles. The summed E-state index contributed by atoms with van der Waals surface area (Å²) in [5.74, 6) is 6.24. The van der Waals surface area contributed by atoms with Gasteiger partial charge in [0.1, 0.15) is 5.78 Å². The Balaban J connectivity index is 1.24. The van der Waals surface area contributed by atoms with Crippen LogP contribution in [0.4, 0.5) is 0 Å². The molecule has 1 N–H and O–H groups in total. The van der Waals surface area contributed by atoms with E-state index in [1.807, 2.05) is 0 Å². The maximum atomic E-state index is 12.2. The summed E-state index contributed by atoms with van der Waals surface area (Å²) in [7, 11) is 0. The van der Waals surface area contributed by atoms with E-state index in [2.05, 4.69) is 26.1 Å². The van der Waals surface area contributed by atoms with Crippen LogP contribution in [0.25, 0.3) is 0 Å². The van der Waals surface area contributed by atoms with Gasteiger partial charge in [-0.2, -0.15) is 0 Å². The molecule has 0 radical (unpaired) electrons. The minimum absolute atomic E-state index is 0.129. The Labute approximate surface area is 183 Å². The van der Waals surface area contributed by atoms with Crippen molar-refractivity contribution in [3.05, 3.63) is 0 Å². The Bertz CT molecular complexity index is 707. The van der Waals surface area contributed by atoms with Crippen LogP contribution in [0.15, 0.2) is 0 Å². The Morgan fingerprint density at radius 2 is 1.90 bits per heavy atom. The van der Waals surface area contributed by atoms with Crippen molar-refractivity contribution in [2.75, 3.05) is 6.54 Å². The van der Waals surface area contributed by atoms with Gasteiger partial charge in [-0.25, -0.2) is 0 Å². The van der Waals surface area contributed by atoms with E-state index >= 15 is 0 Å². The SMILES string of the molecule is CC1C[C@]2(CC[C@@H]3C1C[C@H]1[C@H]3CC[C@@H]3CC(=O)CC[C@@]31C)O[C@@H]1CCCN[C@H]1[C@H]2C. The lowest BCUT2D eigenvalue weighted by Crippen LogP contribution is -2.47. The first kappa shape index (κ1) is 20.2. The van der Waals surface area contributed by atoms with E-state index in [1.165, 1.54) is 64.3 Å². The summed E-state index contributed by atoms with van der Waals surface area (Å²) < 4.78 is 6.98. The largest absolute Gasteiger partial charge is 0.370 e. The fourth-order valence-corrected chi connectivity index (χ4v) is 10.0. The first-order chi connectivity index (χ1) is 14.4. The lowest BCUT2D eigenvalue weighted by atomic mass is 9.52. The van der Waals surface area contributed by atoms with E-state index in [4.69, 9.17) is 4.74 Å². The Kier molecular flexibility index (Phi) is 4.75. The minimum Gasteiger partial charge on any atom is -0.370 e. The van der Waals surface area contributed by atoms with E-state index in [9.17, 15) is 4.79 Å². The first-order valence-electron chi connectivity index (χ1n) is 13.3. The maximum Gasteiger partial charge on any atom is 0.133 e. The van der Waals surface area contributed by atoms with Gasteiger partial charge in [0.2, 0.25) is 0 Å². The van der Waals surface area contributed by atoms with Crippen molar-refractivity contribution in [1.82, 2.24) is 5.32 Å². The Morgan fingerprint density at radius 3 is 2.73 bits per heavy atom. The van der Waals surface area contributed by atoms with Gasteiger partial charge < -0.3 is 10.1 Å². The molecule has 0 aromatic heterocycles. The quantitative estimate of drug-likeness (QED) is 0.580. The zero-order valence-electron chi connectivity index (χ0n) is 19.5. The van der Waals surface area contributed by atoms with E-state index in [0.717, 1.165) is 42.4 Å². The molecule has 1 spiro atoms. The summed E-state index contributed by atoms with van der Waals surface area (Å²) in [5.41, 5.74) is 0.570. The predicted octanol–water partition coefficient (Wildman–Crippen LogP) is 5.37. The number of Topliss-reactive ketones (excluding diaryl/α,β-unsaturated/α-hetero) is 1. The second kappa shape index (κ2) is 7.04. The van der Waals surface area contributed by atoms with Crippen LogP contribution in [0, 0.1) is 46.8 Å². The molecule has 2 heterocycles. The summed E-state index contributed by atoms with van der Waals surface area (Å²) in [6.45, 7) is 8.82. The highest BCUT2D eigenvalue weighted by Crippen LogP contribution is 2.66. The third kappa shape index (κ3) is 2.79. The first-order valence-corrected chi connectivity index (χ1v) is 13.3. The molecule has 6 aliphatic rings. The molecule has 30 heavy (non-hydrogen) atoms. The lowest BCUT2D eigenvalue weighted by Gasteiger charge is -2.52. The summed E-state index contributed by atoms with van der Waals surface area (Å²) >= 11 is 0. The van der Waals surface area contributed by atoms with Crippen LogP contribution < -0.4 is 5.32 Å². The van der Waals surface area contributed by atoms with Crippen LogP contribution in [-0.2, 0) is 9.53 Å². The fraction of sp³-hybridized carbons (Fsp3) is 0.963.